The molecule has 0 radical (unpaired) electrons. The van der Waals surface area contributed by atoms with E-state index < -0.39 is 0 Å². The number of aromatic nitrogens is 1. The molecule has 5 nitrogen and oxygen atoms in total. The molecule has 1 aromatic carbocycles. The fourth-order valence-corrected chi connectivity index (χ4v) is 4.44. The highest BCUT2D eigenvalue weighted by Crippen LogP contribution is 2.34. The zero-order chi connectivity index (χ0) is 19.6. The predicted molar refractivity (Wildman–Crippen MR) is 110 cm³/mol. The molecule has 0 unspecified atom stereocenters. The molecule has 0 bridgehead atoms. The van der Waals surface area contributed by atoms with Gasteiger partial charge in [0.05, 0.1) is 22.4 Å². The molecule has 7 heteroatoms. The van der Waals surface area contributed by atoms with E-state index in [4.69, 9.17) is 8.92 Å². The molecule has 148 valence electrons. The Bertz CT molecular complexity index is 773. The lowest BCUT2D eigenvalue weighted by Crippen LogP contribution is -2.08. The summed E-state index contributed by atoms with van der Waals surface area (Å²) in [5, 5.41) is 0. The Labute approximate surface area is 169 Å². The summed E-state index contributed by atoms with van der Waals surface area (Å²) in [5.41, 5.74) is 2.34. The molecular weight excluding hydrogens is 382 g/mol. The van der Waals surface area contributed by atoms with Crippen LogP contribution in [0.2, 0.25) is 0 Å². The lowest BCUT2D eigenvalue weighted by Gasteiger charge is -2.10. The van der Waals surface area contributed by atoms with Gasteiger partial charge in [-0.15, -0.1) is 11.3 Å². The van der Waals surface area contributed by atoms with Crippen molar-refractivity contribution in [1.82, 2.24) is 4.98 Å². The maximum absolute atomic E-state index is 12.4. The van der Waals surface area contributed by atoms with E-state index in [0.717, 1.165) is 47.1 Å². The summed E-state index contributed by atoms with van der Waals surface area (Å²) in [6.45, 7) is 5.72. The maximum atomic E-state index is 12.4. The van der Waals surface area contributed by atoms with Gasteiger partial charge in [-0.05, 0) is 37.5 Å². The Hall–Kier alpha value is -1.60. The predicted octanol–water partition coefficient (Wildman–Crippen LogP) is 5.95. The van der Waals surface area contributed by atoms with Gasteiger partial charge in [0.25, 0.3) is 0 Å². The summed E-state index contributed by atoms with van der Waals surface area (Å²) < 4.78 is 11.9. The quantitative estimate of drug-likeness (QED) is 0.260. The minimum Gasteiger partial charge on any atom is -0.462 e. The molecular formula is C20H27NO4S2. The van der Waals surface area contributed by atoms with Gasteiger partial charge in [0.2, 0.25) is 0 Å². The number of ether oxygens (including phenoxy) is 1. The van der Waals surface area contributed by atoms with Crippen LogP contribution in [0.1, 0.15) is 75.2 Å². The number of nitrogens with zero attached hydrogens (tertiary/aromatic N) is 1. The first-order valence-electron chi connectivity index (χ1n) is 9.51. The van der Waals surface area contributed by atoms with E-state index in [2.05, 4.69) is 11.9 Å². The minimum absolute atomic E-state index is 0.303. The molecule has 0 amide bonds. The summed E-state index contributed by atoms with van der Waals surface area (Å²) in [4.78, 5) is 28.0. The highest BCUT2D eigenvalue weighted by Gasteiger charge is 2.19. The molecule has 0 N–H and O–H groups in total. The number of fused-ring (bicyclic) bond motifs is 1. The average Bonchev–Trinajstić information content (AvgIpc) is 3.06. The van der Waals surface area contributed by atoms with Crippen molar-refractivity contribution in [3.05, 3.63) is 23.3 Å². The Morgan fingerprint density at radius 2 is 1.85 bits per heavy atom. The molecule has 2 rings (SSSR count). The number of carbonyl (C=O) groups is 2. The third-order valence-corrected chi connectivity index (χ3v) is 5.97. The van der Waals surface area contributed by atoms with E-state index in [-0.39, 0.29) is 11.9 Å². The molecule has 1 heterocycles. The van der Waals surface area contributed by atoms with Crippen LogP contribution in [-0.4, -0.2) is 23.5 Å². The smallest absolute Gasteiger partial charge is 0.338 e. The second kappa shape index (κ2) is 11.3. The van der Waals surface area contributed by atoms with Crippen LogP contribution in [0.4, 0.5) is 0 Å². The first-order chi connectivity index (χ1) is 13.1. The van der Waals surface area contributed by atoms with Crippen molar-refractivity contribution in [3.63, 3.8) is 0 Å². The highest BCUT2D eigenvalue weighted by molar-refractivity contribution is 7.97. The van der Waals surface area contributed by atoms with Crippen LogP contribution in [0.25, 0.3) is 10.2 Å². The summed E-state index contributed by atoms with van der Waals surface area (Å²) in [7, 11) is 0. The first kappa shape index (κ1) is 21.7. The molecule has 0 fully saturated rings. The molecule has 0 spiro atoms. The number of benzene rings is 1. The van der Waals surface area contributed by atoms with Crippen molar-refractivity contribution in [1.29, 1.82) is 0 Å². The molecule has 1 aromatic heterocycles. The molecule has 0 aliphatic carbocycles. The SMILES string of the molecule is CCCCCCCCc1c(C(=O)OCC)ccc2sc(SOC(C)=O)nc12. The molecule has 0 saturated carbocycles. The van der Waals surface area contributed by atoms with E-state index in [9.17, 15) is 9.59 Å². The van der Waals surface area contributed by atoms with Crippen LogP contribution < -0.4 is 0 Å². The van der Waals surface area contributed by atoms with Gasteiger partial charge < -0.3 is 8.92 Å². The van der Waals surface area contributed by atoms with E-state index in [0.29, 0.717) is 16.5 Å². The van der Waals surface area contributed by atoms with Crippen molar-refractivity contribution < 1.29 is 18.5 Å². The summed E-state index contributed by atoms with van der Waals surface area (Å²) in [6, 6.07) is 3.72. The van der Waals surface area contributed by atoms with Gasteiger partial charge in [-0.2, -0.15) is 0 Å². The number of carbonyl (C=O) groups excluding carboxylic acids is 2. The number of unbranched alkanes of at least 4 members (excludes halogenated alkanes) is 5. The third-order valence-electron chi connectivity index (χ3n) is 4.15. The van der Waals surface area contributed by atoms with Crippen molar-refractivity contribution in [2.45, 2.75) is 70.1 Å². The Kier molecular flexibility index (Phi) is 9.07. The van der Waals surface area contributed by atoms with Crippen molar-refractivity contribution in [2.75, 3.05) is 6.61 Å². The monoisotopic (exact) mass is 409 g/mol. The van der Waals surface area contributed by atoms with Gasteiger partial charge in [-0.1, -0.05) is 39.0 Å². The van der Waals surface area contributed by atoms with Crippen LogP contribution in [0.15, 0.2) is 16.5 Å². The van der Waals surface area contributed by atoms with Gasteiger partial charge in [0.15, 0.2) is 4.34 Å². The number of hydrogen-bond donors (Lipinski definition) is 0. The van der Waals surface area contributed by atoms with Crippen molar-refractivity contribution >= 4 is 45.5 Å². The van der Waals surface area contributed by atoms with Gasteiger partial charge in [-0.3, -0.25) is 4.79 Å². The number of aryl methyl sites for hydroxylation is 1. The van der Waals surface area contributed by atoms with E-state index in [1.165, 1.54) is 43.9 Å². The van der Waals surface area contributed by atoms with Crippen LogP contribution >= 0.6 is 23.4 Å². The number of esters is 1. The Balaban J connectivity index is 2.22. The molecule has 0 atom stereocenters. The zero-order valence-corrected chi connectivity index (χ0v) is 17.8. The molecule has 27 heavy (non-hydrogen) atoms. The van der Waals surface area contributed by atoms with Crippen LogP contribution in [0, 0.1) is 0 Å². The number of hydrogen-bond acceptors (Lipinski definition) is 7. The summed E-state index contributed by atoms with van der Waals surface area (Å²) >= 11 is 2.43. The molecule has 2 aromatic rings. The topological polar surface area (TPSA) is 65.5 Å². The standard InChI is InChI=1S/C20H27NO4S2/c1-4-6-7-8-9-10-11-15-16(19(23)24-5-2)12-13-17-18(15)21-20(26-17)27-25-14(3)22/h12-13H,4-11H2,1-3H3. The first-order valence-corrected chi connectivity index (χ1v) is 11.1. The Morgan fingerprint density at radius 1 is 1.11 bits per heavy atom. The lowest BCUT2D eigenvalue weighted by molar-refractivity contribution is -0.130. The van der Waals surface area contributed by atoms with Crippen LogP contribution in [0.5, 0.6) is 0 Å². The van der Waals surface area contributed by atoms with Gasteiger partial charge in [0, 0.05) is 6.92 Å². The fourth-order valence-electron chi connectivity index (χ4n) is 2.89. The second-order valence-corrected chi connectivity index (χ2v) is 8.32. The van der Waals surface area contributed by atoms with Gasteiger partial charge in [-0.25, -0.2) is 9.78 Å². The average molecular weight is 410 g/mol. The van der Waals surface area contributed by atoms with E-state index in [1.807, 2.05) is 12.1 Å². The normalized spacial score (nSPS) is 10.9. The van der Waals surface area contributed by atoms with Gasteiger partial charge >= 0.3 is 11.9 Å². The molecule has 0 aliphatic heterocycles. The van der Waals surface area contributed by atoms with Gasteiger partial charge in [0.1, 0.15) is 12.0 Å². The summed E-state index contributed by atoms with van der Waals surface area (Å²) in [6.07, 6.45) is 7.91. The largest absolute Gasteiger partial charge is 0.462 e. The minimum atomic E-state index is -0.362. The lowest BCUT2D eigenvalue weighted by atomic mass is 9.99. The number of rotatable bonds is 11. The molecule has 0 aliphatic rings. The highest BCUT2D eigenvalue weighted by atomic mass is 32.2. The van der Waals surface area contributed by atoms with E-state index in [1.54, 1.807) is 6.92 Å². The number of thiazole rings is 1. The second-order valence-electron chi connectivity index (χ2n) is 6.31. The van der Waals surface area contributed by atoms with Crippen LogP contribution in [0.3, 0.4) is 0 Å². The zero-order valence-electron chi connectivity index (χ0n) is 16.2. The van der Waals surface area contributed by atoms with Crippen molar-refractivity contribution in [2.24, 2.45) is 0 Å². The summed E-state index contributed by atoms with van der Waals surface area (Å²) in [5.74, 6) is -0.665. The molecule has 0 saturated heterocycles. The third kappa shape index (κ3) is 6.50. The maximum Gasteiger partial charge on any atom is 0.338 e. The van der Waals surface area contributed by atoms with Crippen molar-refractivity contribution in [3.8, 4) is 0 Å². The Morgan fingerprint density at radius 3 is 2.56 bits per heavy atom. The van der Waals surface area contributed by atoms with E-state index >= 15 is 0 Å². The van der Waals surface area contributed by atoms with Crippen LogP contribution in [-0.2, 0) is 20.1 Å². The fraction of sp³-hybridized carbons (Fsp3) is 0.550.